The summed E-state index contributed by atoms with van der Waals surface area (Å²) >= 11 is 0. The van der Waals surface area contributed by atoms with E-state index in [0.29, 0.717) is 29.5 Å². The molecule has 0 radical (unpaired) electrons. The monoisotopic (exact) mass is 576 g/mol. The van der Waals surface area contributed by atoms with Gasteiger partial charge in [0.1, 0.15) is 11.9 Å². The molecule has 0 fully saturated rings. The second kappa shape index (κ2) is 9.47. The van der Waals surface area contributed by atoms with Crippen molar-refractivity contribution in [1.82, 2.24) is 0 Å². The SMILES string of the molecule is CC(C)(C)[Si](C)(C)OC1CC[C@H](c2ccc(S(C)(=O)=O)c3c2C[C@](F)(C(N)=O)[C@H]3O)c2c(C#N)cc(F)cc21. The third-order valence-corrected chi connectivity index (χ3v) is 14.3. The number of amides is 1. The van der Waals surface area contributed by atoms with Crippen LogP contribution >= 0.6 is 0 Å². The van der Waals surface area contributed by atoms with Gasteiger partial charge in [-0.1, -0.05) is 26.8 Å². The summed E-state index contributed by atoms with van der Waals surface area (Å²) in [6.45, 7) is 10.5. The Bertz CT molecular complexity index is 1510. The van der Waals surface area contributed by atoms with Crippen molar-refractivity contribution in [3.8, 4) is 6.07 Å². The largest absolute Gasteiger partial charge is 0.410 e. The van der Waals surface area contributed by atoms with Gasteiger partial charge in [0.15, 0.2) is 18.2 Å². The Hall–Kier alpha value is -2.65. The quantitative estimate of drug-likeness (QED) is 0.488. The van der Waals surface area contributed by atoms with Gasteiger partial charge in [-0.3, -0.25) is 4.79 Å². The van der Waals surface area contributed by atoms with Gasteiger partial charge in [0, 0.05) is 24.2 Å². The van der Waals surface area contributed by atoms with Crippen LogP contribution in [0.5, 0.6) is 0 Å². The summed E-state index contributed by atoms with van der Waals surface area (Å²) in [5, 5.41) is 20.7. The van der Waals surface area contributed by atoms with Crippen LogP contribution in [-0.4, -0.2) is 39.7 Å². The van der Waals surface area contributed by atoms with Crippen LogP contribution in [0.15, 0.2) is 29.2 Å². The van der Waals surface area contributed by atoms with E-state index in [4.69, 9.17) is 10.2 Å². The van der Waals surface area contributed by atoms with E-state index in [1.807, 2.05) is 0 Å². The molecule has 0 heterocycles. The highest BCUT2D eigenvalue weighted by atomic mass is 32.2. The first-order valence-electron chi connectivity index (χ1n) is 12.8. The highest BCUT2D eigenvalue weighted by molar-refractivity contribution is 7.90. The van der Waals surface area contributed by atoms with Crippen LogP contribution in [0, 0.1) is 17.1 Å². The third-order valence-electron chi connectivity index (χ3n) is 8.63. The fourth-order valence-electron chi connectivity index (χ4n) is 5.58. The number of fused-ring (bicyclic) bond motifs is 2. The van der Waals surface area contributed by atoms with Gasteiger partial charge in [-0.25, -0.2) is 17.2 Å². The first-order valence-corrected chi connectivity index (χ1v) is 17.6. The molecule has 4 rings (SSSR count). The first-order chi connectivity index (χ1) is 17.8. The molecule has 11 heteroatoms. The van der Waals surface area contributed by atoms with Crippen molar-refractivity contribution >= 4 is 24.1 Å². The van der Waals surface area contributed by atoms with Crippen molar-refractivity contribution in [3.63, 3.8) is 0 Å². The highest BCUT2D eigenvalue weighted by Crippen LogP contribution is 2.53. The molecule has 39 heavy (non-hydrogen) atoms. The number of hydrogen-bond acceptors (Lipinski definition) is 6. The molecule has 0 bridgehead atoms. The number of nitrogens with zero attached hydrogens (tertiary/aromatic N) is 1. The molecule has 4 atom stereocenters. The van der Waals surface area contributed by atoms with Crippen LogP contribution in [0.1, 0.15) is 85.1 Å². The molecule has 0 aromatic heterocycles. The predicted octanol–water partition coefficient (Wildman–Crippen LogP) is 4.87. The van der Waals surface area contributed by atoms with E-state index < -0.39 is 60.1 Å². The van der Waals surface area contributed by atoms with Crippen molar-refractivity contribution in [2.45, 2.75) is 86.9 Å². The number of carbonyl (C=O) groups excluding carboxylic acids is 1. The van der Waals surface area contributed by atoms with Crippen LogP contribution in [0.4, 0.5) is 8.78 Å². The second-order valence-electron chi connectivity index (χ2n) is 12.2. The molecule has 2 aliphatic rings. The average Bonchev–Trinajstić information content (AvgIpc) is 3.09. The summed E-state index contributed by atoms with van der Waals surface area (Å²) < 4.78 is 62.3. The molecule has 0 saturated heterocycles. The number of rotatable bonds is 5. The van der Waals surface area contributed by atoms with E-state index in [2.05, 4.69) is 39.9 Å². The molecule has 1 amide bonds. The number of aliphatic hydroxyl groups is 1. The van der Waals surface area contributed by atoms with Crippen LogP contribution in [-0.2, 0) is 25.5 Å². The minimum Gasteiger partial charge on any atom is -0.410 e. The van der Waals surface area contributed by atoms with Crippen molar-refractivity contribution in [2.75, 3.05) is 6.26 Å². The Labute approximate surface area is 229 Å². The molecule has 3 N–H and O–H groups in total. The van der Waals surface area contributed by atoms with E-state index >= 15 is 4.39 Å². The van der Waals surface area contributed by atoms with Gasteiger partial charge in [-0.05, 0) is 71.4 Å². The lowest BCUT2D eigenvalue weighted by atomic mass is 9.74. The van der Waals surface area contributed by atoms with Crippen molar-refractivity contribution in [2.24, 2.45) is 5.73 Å². The van der Waals surface area contributed by atoms with E-state index in [1.165, 1.54) is 18.2 Å². The van der Waals surface area contributed by atoms with E-state index in [-0.39, 0.29) is 26.6 Å². The summed E-state index contributed by atoms with van der Waals surface area (Å²) in [5.74, 6) is -2.54. The number of sulfone groups is 1. The lowest BCUT2D eigenvalue weighted by Gasteiger charge is -2.42. The first kappa shape index (κ1) is 29.3. The second-order valence-corrected chi connectivity index (χ2v) is 18.9. The van der Waals surface area contributed by atoms with Gasteiger partial charge in [-0.15, -0.1) is 0 Å². The van der Waals surface area contributed by atoms with Crippen molar-refractivity contribution < 1.29 is 31.5 Å². The molecular weight excluding hydrogens is 542 g/mol. The normalized spacial score (nSPS) is 25.1. The minimum atomic E-state index is -3.90. The molecular formula is C28H34F2N2O5SSi. The Kier molecular flexibility index (Phi) is 7.12. The molecule has 0 spiro atoms. The topological polar surface area (TPSA) is 130 Å². The Balaban J connectivity index is 1.95. The molecule has 2 aromatic carbocycles. The van der Waals surface area contributed by atoms with Gasteiger partial charge in [-0.2, -0.15) is 5.26 Å². The summed E-state index contributed by atoms with van der Waals surface area (Å²) in [5.41, 5.74) is 4.00. The summed E-state index contributed by atoms with van der Waals surface area (Å²) in [6, 6.07) is 7.40. The number of halogens is 2. The standard InChI is InChI=1S/C28H34F2N2O5SSi/c1-27(2,3)39(5,6)37-21-9-7-18(23-15(14-31)11-16(29)12-19(21)23)17-8-10-22(38(4,35)36)24-20(17)13-28(30,25(24)33)26(32)34/h8,10-12,18,21,25,33H,7,9,13H2,1-6H3,(H2,32,34)/t18-,21?,25+,28-/m1/s1. The molecule has 1 unspecified atom stereocenters. The van der Waals surface area contributed by atoms with Crippen LogP contribution < -0.4 is 5.73 Å². The number of alkyl halides is 1. The van der Waals surface area contributed by atoms with E-state index in [1.54, 1.807) is 0 Å². The lowest BCUT2D eigenvalue weighted by molar-refractivity contribution is -0.136. The van der Waals surface area contributed by atoms with Gasteiger partial charge >= 0.3 is 0 Å². The molecule has 7 nitrogen and oxygen atoms in total. The van der Waals surface area contributed by atoms with Crippen LogP contribution in [0.2, 0.25) is 18.1 Å². The maximum atomic E-state index is 15.8. The lowest BCUT2D eigenvalue weighted by Crippen LogP contribution is -2.43. The number of nitriles is 1. The summed E-state index contributed by atoms with van der Waals surface area (Å²) in [7, 11) is -6.20. The van der Waals surface area contributed by atoms with Crippen molar-refractivity contribution in [1.29, 1.82) is 5.26 Å². The predicted molar refractivity (Wildman–Crippen MR) is 144 cm³/mol. The number of primary amides is 1. The molecule has 2 aromatic rings. The fourth-order valence-corrected chi connectivity index (χ4v) is 7.84. The number of hydrogen-bond donors (Lipinski definition) is 2. The molecule has 0 saturated carbocycles. The molecule has 210 valence electrons. The zero-order valence-corrected chi connectivity index (χ0v) is 24.7. The maximum absolute atomic E-state index is 15.8. The van der Waals surface area contributed by atoms with Gasteiger partial charge in [0.25, 0.3) is 5.91 Å². The third kappa shape index (κ3) is 4.82. The van der Waals surface area contributed by atoms with E-state index in [0.717, 1.165) is 12.3 Å². The average molecular weight is 577 g/mol. The van der Waals surface area contributed by atoms with Crippen LogP contribution in [0.3, 0.4) is 0 Å². The van der Waals surface area contributed by atoms with E-state index in [9.17, 15) is 28.0 Å². The summed E-state index contributed by atoms with van der Waals surface area (Å²) in [4.78, 5) is 11.8. The zero-order chi connectivity index (χ0) is 29.3. The Morgan fingerprint density at radius 3 is 2.38 bits per heavy atom. The van der Waals surface area contributed by atoms with Crippen LogP contribution in [0.25, 0.3) is 0 Å². The highest BCUT2D eigenvalue weighted by Gasteiger charge is 2.54. The van der Waals surface area contributed by atoms with Gasteiger partial charge < -0.3 is 15.3 Å². The number of benzene rings is 2. The smallest absolute Gasteiger partial charge is 0.258 e. The number of aliphatic hydroxyl groups excluding tert-OH is 1. The Morgan fingerprint density at radius 2 is 1.85 bits per heavy atom. The van der Waals surface area contributed by atoms with Gasteiger partial charge in [0.05, 0.1) is 22.6 Å². The maximum Gasteiger partial charge on any atom is 0.258 e. The van der Waals surface area contributed by atoms with Gasteiger partial charge in [0.2, 0.25) is 5.67 Å². The van der Waals surface area contributed by atoms with Crippen molar-refractivity contribution in [3.05, 3.63) is 63.5 Å². The molecule has 2 aliphatic carbocycles. The summed E-state index contributed by atoms with van der Waals surface area (Å²) in [6.07, 6.45) is -1.32. The zero-order valence-electron chi connectivity index (χ0n) is 22.9. The number of carbonyl (C=O) groups is 1. The minimum absolute atomic E-state index is 0.0967. The molecule has 0 aliphatic heterocycles. The fraction of sp³-hybridized carbons (Fsp3) is 0.500. The Morgan fingerprint density at radius 1 is 1.21 bits per heavy atom. The number of nitrogens with two attached hydrogens (primary N) is 1.